The molecule has 0 atom stereocenters. The second-order valence-corrected chi connectivity index (χ2v) is 7.54. The Kier molecular flexibility index (Phi) is 3.93. The number of H-pyrrole nitrogens is 1. The lowest BCUT2D eigenvalue weighted by Crippen LogP contribution is -1.98. The van der Waals surface area contributed by atoms with Crippen LogP contribution in [-0.4, -0.2) is 16.3 Å². The summed E-state index contributed by atoms with van der Waals surface area (Å²) in [5.41, 5.74) is 4.52. The number of nitrogens with one attached hydrogen (secondary N) is 1. The highest BCUT2D eigenvalue weighted by atomic mass is 16.5. The molecule has 3 aromatic carbocycles. The van der Waals surface area contributed by atoms with E-state index in [-0.39, 0.29) is 0 Å². The van der Waals surface area contributed by atoms with Crippen molar-refractivity contribution >= 4 is 43.6 Å². The molecular weight excluding hydrogens is 348 g/mol. The summed E-state index contributed by atoms with van der Waals surface area (Å²) in [5, 5.41) is 17.6. The highest BCUT2D eigenvalue weighted by Crippen LogP contribution is 2.40. The number of para-hydroxylation sites is 1. The summed E-state index contributed by atoms with van der Waals surface area (Å²) in [6.45, 7) is 4.94. The van der Waals surface area contributed by atoms with E-state index in [2.05, 4.69) is 31.0 Å². The van der Waals surface area contributed by atoms with Gasteiger partial charge in [0.15, 0.2) is 0 Å². The monoisotopic (exact) mass is 371 g/mol. The molecule has 142 valence electrons. The zero-order valence-electron chi connectivity index (χ0n) is 16.2. The minimum Gasteiger partial charge on any atom is -0.805 e. The van der Waals surface area contributed by atoms with E-state index in [0.717, 1.165) is 62.3 Å². The average Bonchev–Trinajstić information content (AvgIpc) is 3.06. The van der Waals surface area contributed by atoms with Crippen molar-refractivity contribution in [3.63, 3.8) is 0 Å². The molecule has 5 aromatic rings. The summed E-state index contributed by atoms with van der Waals surface area (Å²) < 4.78 is 7.05. The molecule has 0 amide bonds. The van der Waals surface area contributed by atoms with E-state index in [1.54, 1.807) is 0 Å². The molecule has 4 nitrogen and oxygen atoms in total. The van der Waals surface area contributed by atoms with Crippen LogP contribution in [0.5, 0.6) is 5.75 Å². The van der Waals surface area contributed by atoms with Crippen molar-refractivity contribution in [2.45, 2.75) is 33.1 Å². The molecule has 0 aliphatic carbocycles. The predicted molar refractivity (Wildman–Crippen MR) is 117 cm³/mol. The summed E-state index contributed by atoms with van der Waals surface area (Å²) >= 11 is 0. The van der Waals surface area contributed by atoms with Crippen molar-refractivity contribution in [3.05, 3.63) is 59.3 Å². The Morgan fingerprint density at radius 3 is 2.68 bits per heavy atom. The van der Waals surface area contributed by atoms with Crippen molar-refractivity contribution in [2.24, 2.45) is 0 Å². The number of nitrogens with zero attached hydrogens (tertiary/aromatic N) is 1. The molecule has 0 saturated carbocycles. The van der Waals surface area contributed by atoms with Crippen LogP contribution in [0.2, 0.25) is 0 Å². The number of hydrogen-bond donors (Lipinski definition) is 1. The summed E-state index contributed by atoms with van der Waals surface area (Å²) in [7, 11) is 0. The highest BCUT2D eigenvalue weighted by molar-refractivity contribution is 6.27. The maximum atomic E-state index is 13.4. The van der Waals surface area contributed by atoms with Gasteiger partial charge < -0.3 is 19.7 Å². The number of ether oxygens (including phenoxy) is 1. The highest BCUT2D eigenvalue weighted by Gasteiger charge is 2.16. The normalized spacial score (nSPS) is 11.9. The van der Waals surface area contributed by atoms with E-state index < -0.39 is 0 Å². The molecule has 0 saturated heterocycles. The number of unbranched alkanes of at least 4 members (excludes halogenated alkanes) is 2. The molecular formula is C24H23N2O2-. The Morgan fingerprint density at radius 1 is 0.964 bits per heavy atom. The first-order valence-corrected chi connectivity index (χ1v) is 9.97. The van der Waals surface area contributed by atoms with Crippen molar-refractivity contribution in [2.75, 3.05) is 6.61 Å². The predicted octanol–water partition coefficient (Wildman–Crippen LogP) is 6.65. The van der Waals surface area contributed by atoms with Crippen molar-refractivity contribution in [1.29, 1.82) is 0 Å². The number of fused-ring (bicyclic) bond motifs is 2. The van der Waals surface area contributed by atoms with Gasteiger partial charge in [0, 0.05) is 33.8 Å². The first-order valence-electron chi connectivity index (χ1n) is 9.97. The number of aryl methyl sites for hydroxylation is 1. The van der Waals surface area contributed by atoms with Gasteiger partial charge in [0.1, 0.15) is 5.75 Å². The molecule has 4 heteroatoms. The Balaban J connectivity index is 1.89. The maximum Gasteiger partial charge on any atom is 0.123 e. The molecule has 0 bridgehead atoms. The molecule has 0 fully saturated rings. The van der Waals surface area contributed by atoms with Gasteiger partial charge in [0.2, 0.25) is 0 Å². The van der Waals surface area contributed by atoms with E-state index in [0.29, 0.717) is 17.6 Å². The quantitative estimate of drug-likeness (QED) is 0.352. The van der Waals surface area contributed by atoms with Gasteiger partial charge in [-0.25, -0.2) is 0 Å². The third-order valence-electron chi connectivity index (χ3n) is 5.66. The third-order valence-corrected chi connectivity index (χ3v) is 5.66. The number of benzene rings is 3. The van der Waals surface area contributed by atoms with Crippen LogP contribution < -0.4 is 4.74 Å². The largest absolute Gasteiger partial charge is 0.805 e. The van der Waals surface area contributed by atoms with E-state index in [9.17, 15) is 5.21 Å². The van der Waals surface area contributed by atoms with Crippen LogP contribution in [0.3, 0.4) is 0 Å². The van der Waals surface area contributed by atoms with E-state index in [4.69, 9.17) is 4.74 Å². The third kappa shape index (κ3) is 2.44. The number of hydrogen-bond acceptors (Lipinski definition) is 2. The summed E-state index contributed by atoms with van der Waals surface area (Å²) in [6, 6.07) is 16.0. The Morgan fingerprint density at radius 2 is 1.82 bits per heavy atom. The minimum absolute atomic E-state index is 0.644. The average molecular weight is 371 g/mol. The molecule has 0 spiro atoms. The summed E-state index contributed by atoms with van der Waals surface area (Å²) in [5.74, 6) is 0.740. The van der Waals surface area contributed by atoms with E-state index >= 15 is 0 Å². The molecule has 0 aliphatic rings. The smallest absolute Gasteiger partial charge is 0.123 e. The fourth-order valence-electron chi connectivity index (χ4n) is 4.24. The standard InChI is InChI=1S/C24H23N2O2/c1-3-4-7-12-28-16-13-19-23-21(14-16)26(27)20-9-6-5-8-17(20)18-11-10-15(2)24(25-19)22(18)23/h5-6,8-11,13-14,25H,3-4,7,12H2,1-2H3/q-1. The summed E-state index contributed by atoms with van der Waals surface area (Å²) in [4.78, 5) is 3.54. The van der Waals surface area contributed by atoms with Gasteiger partial charge in [-0.1, -0.05) is 50.1 Å². The van der Waals surface area contributed by atoms with Gasteiger partial charge in [-0.15, -0.1) is 0 Å². The lowest BCUT2D eigenvalue weighted by atomic mass is 10.0. The first kappa shape index (κ1) is 17.0. The van der Waals surface area contributed by atoms with Gasteiger partial charge in [0.05, 0.1) is 23.2 Å². The lowest BCUT2D eigenvalue weighted by Gasteiger charge is -2.16. The van der Waals surface area contributed by atoms with Crippen LogP contribution >= 0.6 is 0 Å². The topological polar surface area (TPSA) is 53.0 Å². The maximum absolute atomic E-state index is 13.4. The van der Waals surface area contributed by atoms with Gasteiger partial charge in [-0.2, -0.15) is 0 Å². The molecule has 0 unspecified atom stereocenters. The molecule has 2 heterocycles. The van der Waals surface area contributed by atoms with Crippen molar-refractivity contribution < 1.29 is 4.74 Å². The van der Waals surface area contributed by atoms with E-state index in [1.807, 2.05) is 36.4 Å². The zero-order valence-corrected chi connectivity index (χ0v) is 16.2. The fraction of sp³-hybridized carbons (Fsp3) is 0.250. The molecule has 28 heavy (non-hydrogen) atoms. The first-order chi connectivity index (χ1) is 13.7. The number of aromatic nitrogens is 2. The molecule has 0 aliphatic heterocycles. The van der Waals surface area contributed by atoms with Crippen LogP contribution in [0.4, 0.5) is 0 Å². The second kappa shape index (κ2) is 6.48. The lowest BCUT2D eigenvalue weighted by molar-refractivity contribution is 0.307. The SMILES string of the molecule is CCCCCOc1cc2[nH]c3c(C)ccc4c5ccccc5n([O-])c(c1)c2c34. The van der Waals surface area contributed by atoms with Crippen LogP contribution in [0.15, 0.2) is 48.5 Å². The van der Waals surface area contributed by atoms with Crippen LogP contribution in [0.1, 0.15) is 31.7 Å². The number of rotatable bonds is 5. The summed E-state index contributed by atoms with van der Waals surface area (Å²) in [6.07, 6.45) is 3.32. The van der Waals surface area contributed by atoms with Crippen molar-refractivity contribution in [1.82, 2.24) is 9.71 Å². The molecule has 2 aromatic heterocycles. The van der Waals surface area contributed by atoms with Crippen LogP contribution in [0.25, 0.3) is 43.6 Å². The van der Waals surface area contributed by atoms with Gasteiger partial charge in [-0.3, -0.25) is 0 Å². The molecule has 1 N–H and O–H groups in total. The van der Waals surface area contributed by atoms with E-state index in [1.165, 1.54) is 5.56 Å². The fourth-order valence-corrected chi connectivity index (χ4v) is 4.24. The van der Waals surface area contributed by atoms with Gasteiger partial charge in [-0.05, 0) is 30.4 Å². The zero-order chi connectivity index (χ0) is 19.3. The second-order valence-electron chi connectivity index (χ2n) is 7.54. The van der Waals surface area contributed by atoms with Crippen LogP contribution in [-0.2, 0) is 0 Å². The molecule has 5 rings (SSSR count). The van der Waals surface area contributed by atoms with Crippen molar-refractivity contribution in [3.8, 4) is 5.75 Å². The molecule has 0 radical (unpaired) electrons. The Hall–Kier alpha value is -3.14. The van der Waals surface area contributed by atoms with Gasteiger partial charge >= 0.3 is 0 Å². The Bertz CT molecular complexity index is 1330. The Labute approximate surface area is 163 Å². The van der Waals surface area contributed by atoms with Crippen LogP contribution in [0, 0.1) is 12.1 Å². The minimum atomic E-state index is 0.644. The van der Waals surface area contributed by atoms with Gasteiger partial charge in [0.25, 0.3) is 0 Å². The number of aromatic amines is 1.